The van der Waals surface area contributed by atoms with Crippen LogP contribution in [0.4, 0.5) is 0 Å². The minimum Gasteiger partial charge on any atom is -0.0955 e. The summed E-state index contributed by atoms with van der Waals surface area (Å²) < 4.78 is 0. The zero-order valence-electron chi connectivity index (χ0n) is 20.9. The van der Waals surface area contributed by atoms with Crippen molar-refractivity contribution in [1.82, 2.24) is 0 Å². The lowest BCUT2D eigenvalue weighted by Crippen LogP contribution is -2.08. The van der Waals surface area contributed by atoms with Crippen molar-refractivity contribution in [2.24, 2.45) is 0 Å². The highest BCUT2D eigenvalue weighted by Crippen LogP contribution is 2.19. The molecule has 30 heavy (non-hydrogen) atoms. The fourth-order valence-electron chi connectivity index (χ4n) is 2.84. The van der Waals surface area contributed by atoms with Gasteiger partial charge in [-0.1, -0.05) is 139 Å². The quantitative estimate of drug-likeness (QED) is 0.444. The SMILES string of the molecule is C=C(C)C1=CC/C(=C\C=c2ccc(=C(C)C)cc2)C=C1.CCCCC.CCCCC. The summed E-state index contributed by atoms with van der Waals surface area (Å²) >= 11 is 0. The predicted octanol–water partition coefficient (Wildman–Crippen LogP) is 8.44. The molecule has 0 atom stereocenters. The van der Waals surface area contributed by atoms with Crippen LogP contribution in [0.5, 0.6) is 0 Å². The van der Waals surface area contributed by atoms with Crippen molar-refractivity contribution in [3.05, 3.63) is 82.3 Å². The number of hydrogen-bond donors (Lipinski definition) is 0. The molecular formula is C30H46. The summed E-state index contributed by atoms with van der Waals surface area (Å²) in [6.07, 6.45) is 20.1. The monoisotopic (exact) mass is 406 g/mol. The Morgan fingerprint density at radius 2 is 1.33 bits per heavy atom. The highest BCUT2D eigenvalue weighted by molar-refractivity contribution is 5.50. The molecular weight excluding hydrogens is 360 g/mol. The van der Waals surface area contributed by atoms with Gasteiger partial charge in [0.05, 0.1) is 0 Å². The average molecular weight is 407 g/mol. The second-order valence-corrected chi connectivity index (χ2v) is 8.21. The maximum absolute atomic E-state index is 3.97. The van der Waals surface area contributed by atoms with Gasteiger partial charge in [0, 0.05) is 0 Å². The molecule has 0 saturated heterocycles. The summed E-state index contributed by atoms with van der Waals surface area (Å²) in [7, 11) is 0. The van der Waals surface area contributed by atoms with Crippen molar-refractivity contribution >= 4 is 11.6 Å². The van der Waals surface area contributed by atoms with E-state index in [1.165, 1.54) is 65.7 Å². The van der Waals surface area contributed by atoms with Crippen molar-refractivity contribution < 1.29 is 0 Å². The van der Waals surface area contributed by atoms with E-state index in [4.69, 9.17) is 0 Å². The molecule has 1 aliphatic rings. The fourth-order valence-corrected chi connectivity index (χ4v) is 2.84. The van der Waals surface area contributed by atoms with Gasteiger partial charge in [-0.15, -0.1) is 0 Å². The molecule has 0 unspecified atom stereocenters. The Balaban J connectivity index is 0.000000702. The van der Waals surface area contributed by atoms with E-state index in [0.29, 0.717) is 0 Å². The van der Waals surface area contributed by atoms with Crippen LogP contribution in [-0.2, 0) is 0 Å². The van der Waals surface area contributed by atoms with Gasteiger partial charge >= 0.3 is 0 Å². The smallest absolute Gasteiger partial charge is 0.00883 e. The van der Waals surface area contributed by atoms with Gasteiger partial charge in [-0.3, -0.25) is 0 Å². The Morgan fingerprint density at radius 1 is 0.800 bits per heavy atom. The number of allylic oxidation sites excluding steroid dienone is 7. The third kappa shape index (κ3) is 13.2. The number of unbranched alkanes of at least 4 members (excludes halogenated alkanes) is 4. The second-order valence-electron chi connectivity index (χ2n) is 8.21. The van der Waals surface area contributed by atoms with Crippen LogP contribution in [0, 0.1) is 0 Å². The summed E-state index contributed by atoms with van der Waals surface area (Å²) in [6, 6.07) is 8.69. The Kier molecular flexibility index (Phi) is 16.5. The van der Waals surface area contributed by atoms with Crippen molar-refractivity contribution in [2.45, 2.75) is 93.4 Å². The molecule has 0 radical (unpaired) electrons. The lowest BCUT2D eigenvalue weighted by molar-refractivity contribution is 0.772. The Hall–Kier alpha value is -2.08. The van der Waals surface area contributed by atoms with Gasteiger partial charge in [0.15, 0.2) is 0 Å². The molecule has 0 heterocycles. The molecule has 2 rings (SSSR count). The molecule has 0 bridgehead atoms. The summed E-state index contributed by atoms with van der Waals surface area (Å²) in [5.41, 5.74) is 5.06. The molecule has 0 nitrogen and oxygen atoms in total. The largest absolute Gasteiger partial charge is 0.0955 e. The highest BCUT2D eigenvalue weighted by Gasteiger charge is 2.00. The molecule has 0 amide bonds. The predicted molar refractivity (Wildman–Crippen MR) is 140 cm³/mol. The van der Waals surface area contributed by atoms with Crippen molar-refractivity contribution in [1.29, 1.82) is 0 Å². The normalized spacial score (nSPS) is 13.4. The van der Waals surface area contributed by atoms with Gasteiger partial charge in [-0.05, 0) is 48.8 Å². The number of rotatable bonds is 6. The van der Waals surface area contributed by atoms with Gasteiger partial charge in [-0.2, -0.15) is 0 Å². The Morgan fingerprint density at radius 3 is 1.67 bits per heavy atom. The molecule has 0 N–H and O–H groups in total. The molecule has 1 aliphatic carbocycles. The lowest BCUT2D eigenvalue weighted by atomic mass is 9.98. The third-order valence-corrected chi connectivity index (χ3v) is 4.92. The topological polar surface area (TPSA) is 0 Å². The minimum absolute atomic E-state index is 0.981. The van der Waals surface area contributed by atoms with Gasteiger partial charge < -0.3 is 0 Å². The van der Waals surface area contributed by atoms with Crippen molar-refractivity contribution in [3.8, 4) is 0 Å². The lowest BCUT2D eigenvalue weighted by Gasteiger charge is -2.08. The van der Waals surface area contributed by atoms with Crippen molar-refractivity contribution in [3.63, 3.8) is 0 Å². The number of benzene rings is 1. The van der Waals surface area contributed by atoms with Crippen LogP contribution in [0.15, 0.2) is 71.9 Å². The van der Waals surface area contributed by atoms with E-state index in [9.17, 15) is 0 Å². The first-order valence-corrected chi connectivity index (χ1v) is 11.9. The highest BCUT2D eigenvalue weighted by atomic mass is 14.1. The van der Waals surface area contributed by atoms with E-state index in [-0.39, 0.29) is 0 Å². The molecule has 1 aromatic rings. The first-order valence-electron chi connectivity index (χ1n) is 11.9. The maximum atomic E-state index is 3.97. The number of hydrogen-bond acceptors (Lipinski definition) is 0. The first-order chi connectivity index (χ1) is 14.4. The second kappa shape index (κ2) is 17.8. The molecule has 1 aromatic carbocycles. The molecule has 166 valence electrons. The van der Waals surface area contributed by atoms with Crippen LogP contribution in [0.2, 0.25) is 0 Å². The van der Waals surface area contributed by atoms with Crippen LogP contribution < -0.4 is 10.4 Å². The average Bonchev–Trinajstić information content (AvgIpc) is 2.75. The summed E-state index contributed by atoms with van der Waals surface area (Å²) in [5, 5.41) is 2.55. The van der Waals surface area contributed by atoms with Gasteiger partial charge in [0.25, 0.3) is 0 Å². The molecule has 0 saturated carbocycles. The molecule has 0 heteroatoms. The third-order valence-electron chi connectivity index (χ3n) is 4.92. The van der Waals surface area contributed by atoms with Gasteiger partial charge in [0.1, 0.15) is 0 Å². The van der Waals surface area contributed by atoms with Crippen LogP contribution in [0.3, 0.4) is 0 Å². The maximum Gasteiger partial charge on any atom is -0.00883 e. The van der Waals surface area contributed by atoms with E-state index >= 15 is 0 Å². The minimum atomic E-state index is 0.981. The molecule has 0 fully saturated rings. The van der Waals surface area contributed by atoms with Crippen molar-refractivity contribution in [2.75, 3.05) is 0 Å². The van der Waals surface area contributed by atoms with Crippen LogP contribution in [0.1, 0.15) is 93.4 Å². The molecule has 0 aliphatic heterocycles. The van der Waals surface area contributed by atoms with Gasteiger partial charge in [0.2, 0.25) is 0 Å². The Bertz CT molecular complexity index is 775. The first kappa shape index (κ1) is 27.9. The zero-order valence-corrected chi connectivity index (χ0v) is 20.9. The van der Waals surface area contributed by atoms with E-state index in [1.54, 1.807) is 0 Å². The van der Waals surface area contributed by atoms with Crippen LogP contribution >= 0.6 is 0 Å². The summed E-state index contributed by atoms with van der Waals surface area (Å²) in [4.78, 5) is 0. The summed E-state index contributed by atoms with van der Waals surface area (Å²) in [6.45, 7) is 19.1. The zero-order chi connectivity index (χ0) is 22.8. The van der Waals surface area contributed by atoms with E-state index in [0.717, 1.165) is 12.0 Å². The standard InChI is InChI=1S/C20H22.2C5H12/c1-15(2)19-11-7-17(8-12-19)5-6-18-9-13-20(14-10-18)16(3)4;2*1-3-5-4-2/h5-7,9-14H,1,8H2,2-4H3;2*3-5H2,1-2H3/b17-5-;;. The molecule has 0 spiro atoms. The Labute approximate surface area is 187 Å². The van der Waals surface area contributed by atoms with Gasteiger partial charge in [-0.25, -0.2) is 0 Å². The van der Waals surface area contributed by atoms with Crippen LogP contribution in [0.25, 0.3) is 11.6 Å². The van der Waals surface area contributed by atoms with Crippen LogP contribution in [-0.4, -0.2) is 0 Å². The van der Waals surface area contributed by atoms with E-state index in [2.05, 4.69) is 103 Å². The molecule has 0 aromatic heterocycles. The fraction of sp³-hybridized carbons (Fsp3) is 0.467. The summed E-state index contributed by atoms with van der Waals surface area (Å²) in [5.74, 6) is 0. The van der Waals surface area contributed by atoms with E-state index in [1.807, 2.05) is 6.92 Å². The van der Waals surface area contributed by atoms with E-state index < -0.39 is 0 Å².